The van der Waals surface area contributed by atoms with Gasteiger partial charge in [0.1, 0.15) is 0 Å². The zero-order chi connectivity index (χ0) is 15.6. The van der Waals surface area contributed by atoms with E-state index in [2.05, 4.69) is 51.3 Å². The zero-order valence-electron chi connectivity index (χ0n) is 12.9. The summed E-state index contributed by atoms with van der Waals surface area (Å²) in [5, 5.41) is 0.662. The highest BCUT2D eigenvalue weighted by atomic mass is 16.1. The molecule has 1 saturated heterocycles. The van der Waals surface area contributed by atoms with Crippen molar-refractivity contribution in [1.29, 1.82) is 0 Å². The third kappa shape index (κ3) is 2.72. The fraction of sp³-hybridized carbons (Fsp3) is 0.263. The highest BCUT2D eigenvalue weighted by Gasteiger charge is 2.21. The molecule has 0 bridgehead atoms. The number of hydrogen-bond donors (Lipinski definition) is 1. The fourth-order valence-corrected chi connectivity index (χ4v) is 3.45. The second-order valence-electron chi connectivity index (χ2n) is 6.11. The standard InChI is InChI=1S/C19H19N3O/c23-19-17-12-16(6-7-18(17)20-13-21-19)22-10-8-15(9-11-22)14-4-2-1-3-5-14/h1-7,12-13,15H,8-11H2,(H,20,21,23). The van der Waals surface area contributed by atoms with Crippen LogP contribution in [-0.4, -0.2) is 23.1 Å². The second kappa shape index (κ2) is 5.88. The number of anilines is 1. The molecule has 1 aliphatic rings. The van der Waals surface area contributed by atoms with Gasteiger partial charge in [0.05, 0.1) is 17.2 Å². The summed E-state index contributed by atoms with van der Waals surface area (Å²) in [4.78, 5) is 21.2. The Hall–Kier alpha value is -2.62. The van der Waals surface area contributed by atoms with Gasteiger partial charge in [-0.05, 0) is 42.5 Å². The summed E-state index contributed by atoms with van der Waals surface area (Å²) in [6.45, 7) is 2.03. The minimum absolute atomic E-state index is 0.0731. The van der Waals surface area contributed by atoms with E-state index in [0.717, 1.165) is 37.1 Å². The molecule has 1 fully saturated rings. The number of nitrogens with zero attached hydrogens (tertiary/aromatic N) is 2. The minimum atomic E-state index is -0.0731. The lowest BCUT2D eigenvalue weighted by atomic mass is 9.89. The van der Waals surface area contributed by atoms with Crippen LogP contribution in [-0.2, 0) is 0 Å². The van der Waals surface area contributed by atoms with Gasteiger partial charge in [0.2, 0.25) is 0 Å². The molecule has 0 saturated carbocycles. The number of fused-ring (bicyclic) bond motifs is 1. The molecule has 3 aromatic rings. The SMILES string of the molecule is O=c1[nH]cnc2ccc(N3CCC(c4ccccc4)CC3)cc12. The Kier molecular flexibility index (Phi) is 3.58. The lowest BCUT2D eigenvalue weighted by Gasteiger charge is -2.34. The first kappa shape index (κ1) is 14.0. The first-order valence-electron chi connectivity index (χ1n) is 8.08. The summed E-state index contributed by atoms with van der Waals surface area (Å²) in [7, 11) is 0. The normalized spacial score (nSPS) is 15.9. The molecule has 4 heteroatoms. The molecule has 1 aliphatic heterocycles. The van der Waals surface area contributed by atoms with Gasteiger partial charge in [-0.3, -0.25) is 4.79 Å². The van der Waals surface area contributed by atoms with E-state index >= 15 is 0 Å². The molecule has 4 nitrogen and oxygen atoms in total. The zero-order valence-corrected chi connectivity index (χ0v) is 12.9. The van der Waals surface area contributed by atoms with E-state index in [-0.39, 0.29) is 5.56 Å². The molecule has 116 valence electrons. The highest BCUT2D eigenvalue weighted by molar-refractivity contribution is 5.81. The van der Waals surface area contributed by atoms with Crippen LogP contribution in [0.3, 0.4) is 0 Å². The predicted molar refractivity (Wildman–Crippen MR) is 93.0 cm³/mol. The Balaban J connectivity index is 1.54. The van der Waals surface area contributed by atoms with Crippen molar-refractivity contribution >= 4 is 16.6 Å². The average molecular weight is 305 g/mol. The molecule has 4 rings (SSSR count). The quantitative estimate of drug-likeness (QED) is 0.790. The van der Waals surface area contributed by atoms with E-state index in [9.17, 15) is 4.79 Å². The van der Waals surface area contributed by atoms with Crippen molar-refractivity contribution in [2.75, 3.05) is 18.0 Å². The lowest BCUT2D eigenvalue weighted by Crippen LogP contribution is -2.32. The van der Waals surface area contributed by atoms with Gasteiger partial charge >= 0.3 is 0 Å². The molecule has 0 amide bonds. The number of hydrogen-bond acceptors (Lipinski definition) is 3. The Bertz CT molecular complexity index is 864. The molecule has 2 aromatic carbocycles. The highest BCUT2D eigenvalue weighted by Crippen LogP contribution is 2.30. The topological polar surface area (TPSA) is 49.0 Å². The van der Waals surface area contributed by atoms with Crippen LogP contribution in [0.4, 0.5) is 5.69 Å². The van der Waals surface area contributed by atoms with Gasteiger partial charge in [0.15, 0.2) is 0 Å². The first-order valence-corrected chi connectivity index (χ1v) is 8.08. The third-order valence-electron chi connectivity index (χ3n) is 4.76. The Morgan fingerprint density at radius 2 is 1.83 bits per heavy atom. The summed E-state index contributed by atoms with van der Waals surface area (Å²) >= 11 is 0. The lowest BCUT2D eigenvalue weighted by molar-refractivity contribution is 0.505. The average Bonchev–Trinajstić information content (AvgIpc) is 2.63. The van der Waals surface area contributed by atoms with Crippen molar-refractivity contribution < 1.29 is 0 Å². The fourth-order valence-electron chi connectivity index (χ4n) is 3.45. The molecule has 0 unspecified atom stereocenters. The maximum absolute atomic E-state index is 11.9. The molecule has 1 aromatic heterocycles. The number of nitrogens with one attached hydrogen (secondary N) is 1. The van der Waals surface area contributed by atoms with Crippen LogP contribution in [0.15, 0.2) is 59.7 Å². The van der Waals surface area contributed by atoms with Crippen molar-refractivity contribution in [3.05, 3.63) is 70.8 Å². The molecule has 0 spiro atoms. The number of aromatic amines is 1. The van der Waals surface area contributed by atoms with Crippen LogP contribution < -0.4 is 10.5 Å². The smallest absolute Gasteiger partial charge is 0.258 e. The van der Waals surface area contributed by atoms with Crippen LogP contribution in [0.5, 0.6) is 0 Å². The maximum atomic E-state index is 11.9. The number of rotatable bonds is 2. The Labute approximate surface area is 134 Å². The Morgan fingerprint density at radius 1 is 1.04 bits per heavy atom. The van der Waals surface area contributed by atoms with Crippen molar-refractivity contribution in [3.8, 4) is 0 Å². The number of aromatic nitrogens is 2. The van der Waals surface area contributed by atoms with Crippen LogP contribution in [0.1, 0.15) is 24.3 Å². The summed E-state index contributed by atoms with van der Waals surface area (Å²) < 4.78 is 0. The molecule has 0 atom stereocenters. The van der Waals surface area contributed by atoms with Crippen LogP contribution in [0.25, 0.3) is 10.9 Å². The van der Waals surface area contributed by atoms with Gasteiger partial charge in [-0.1, -0.05) is 30.3 Å². The molecule has 23 heavy (non-hydrogen) atoms. The van der Waals surface area contributed by atoms with Crippen molar-refractivity contribution in [3.63, 3.8) is 0 Å². The van der Waals surface area contributed by atoms with Crippen molar-refractivity contribution in [2.45, 2.75) is 18.8 Å². The van der Waals surface area contributed by atoms with E-state index in [1.807, 2.05) is 12.1 Å². The molecule has 0 aliphatic carbocycles. The van der Waals surface area contributed by atoms with Crippen molar-refractivity contribution in [1.82, 2.24) is 9.97 Å². The van der Waals surface area contributed by atoms with Gasteiger partial charge in [0.25, 0.3) is 5.56 Å². The summed E-state index contributed by atoms with van der Waals surface area (Å²) in [5.74, 6) is 0.637. The van der Waals surface area contributed by atoms with Crippen molar-refractivity contribution in [2.24, 2.45) is 0 Å². The predicted octanol–water partition coefficient (Wildman–Crippen LogP) is 3.31. The van der Waals surface area contributed by atoms with Gasteiger partial charge in [-0.2, -0.15) is 0 Å². The minimum Gasteiger partial charge on any atom is -0.371 e. The van der Waals surface area contributed by atoms with Gasteiger partial charge in [0, 0.05) is 18.8 Å². The first-order chi connectivity index (χ1) is 11.3. The number of benzene rings is 2. The Morgan fingerprint density at radius 3 is 2.61 bits per heavy atom. The monoisotopic (exact) mass is 305 g/mol. The van der Waals surface area contributed by atoms with Gasteiger partial charge in [-0.25, -0.2) is 4.98 Å². The maximum Gasteiger partial charge on any atom is 0.258 e. The van der Waals surface area contributed by atoms with E-state index in [0.29, 0.717) is 11.3 Å². The van der Waals surface area contributed by atoms with Crippen LogP contribution >= 0.6 is 0 Å². The van der Waals surface area contributed by atoms with Gasteiger partial charge in [-0.15, -0.1) is 0 Å². The molecule has 1 N–H and O–H groups in total. The largest absolute Gasteiger partial charge is 0.371 e. The molecule has 0 radical (unpaired) electrons. The second-order valence-corrected chi connectivity index (χ2v) is 6.11. The molecular formula is C19H19N3O. The van der Waals surface area contributed by atoms with Gasteiger partial charge < -0.3 is 9.88 Å². The molecular weight excluding hydrogens is 286 g/mol. The van der Waals surface area contributed by atoms with E-state index in [4.69, 9.17) is 0 Å². The number of H-pyrrole nitrogens is 1. The van der Waals surface area contributed by atoms with Crippen LogP contribution in [0.2, 0.25) is 0 Å². The van der Waals surface area contributed by atoms with Crippen LogP contribution in [0, 0.1) is 0 Å². The van der Waals surface area contributed by atoms with E-state index < -0.39 is 0 Å². The summed E-state index contributed by atoms with van der Waals surface area (Å²) in [6.07, 6.45) is 3.74. The van der Waals surface area contributed by atoms with E-state index in [1.54, 1.807) is 0 Å². The number of piperidine rings is 1. The third-order valence-corrected chi connectivity index (χ3v) is 4.76. The molecule has 2 heterocycles. The van der Waals surface area contributed by atoms with E-state index in [1.165, 1.54) is 11.9 Å². The summed E-state index contributed by atoms with van der Waals surface area (Å²) in [6, 6.07) is 16.7. The summed E-state index contributed by atoms with van der Waals surface area (Å²) in [5.41, 5.74) is 3.22.